The molecule has 2 saturated carbocycles. The minimum Gasteiger partial charge on any atom is -0.541 e. The summed E-state index contributed by atoms with van der Waals surface area (Å²) in [6.45, 7) is 24.2. The van der Waals surface area contributed by atoms with Crippen molar-refractivity contribution < 1.29 is 23.6 Å². The summed E-state index contributed by atoms with van der Waals surface area (Å²) in [6, 6.07) is 9.30. The molecule has 5 atom stereocenters. The van der Waals surface area contributed by atoms with Crippen LogP contribution in [0.3, 0.4) is 0 Å². The largest absolute Gasteiger partial charge is 0.541 e. The molecule has 2 heterocycles. The molecule has 2 aromatic carbocycles. The second kappa shape index (κ2) is 12.5. The highest BCUT2D eigenvalue weighted by Crippen LogP contribution is 2.66. The molecule has 1 N–H and O–H groups in total. The normalized spacial score (nSPS) is 29.0. The van der Waals surface area contributed by atoms with Crippen LogP contribution in [0.4, 0.5) is 0 Å². The van der Waals surface area contributed by atoms with E-state index in [2.05, 4.69) is 84.8 Å². The van der Waals surface area contributed by atoms with Crippen molar-refractivity contribution in [3.8, 4) is 11.5 Å². The molecule has 0 radical (unpaired) electrons. The van der Waals surface area contributed by atoms with Crippen molar-refractivity contribution >= 4 is 45.7 Å². The molecule has 2 aliphatic heterocycles. The molecule has 7 nitrogen and oxygen atoms in total. The summed E-state index contributed by atoms with van der Waals surface area (Å²) >= 11 is 12.7. The fraction of sp³-hybridized carbons (Fsp3) is 0.675. The zero-order valence-electron chi connectivity index (χ0n) is 32.3. The molecule has 2 aromatic rings. The summed E-state index contributed by atoms with van der Waals surface area (Å²) in [5.41, 5.74) is 1.42. The third-order valence-corrected chi connectivity index (χ3v) is 23.3. The Morgan fingerprint density at radius 2 is 1.67 bits per heavy atom. The van der Waals surface area contributed by atoms with E-state index in [1.165, 1.54) is 18.4 Å². The monoisotopic (exact) mass is 772 g/mol. The molecule has 5 aliphatic rings. The van der Waals surface area contributed by atoms with Gasteiger partial charge in [-0.1, -0.05) is 76.9 Å². The first-order chi connectivity index (χ1) is 23.6. The molecule has 51 heavy (non-hydrogen) atoms. The Morgan fingerprint density at radius 3 is 2.29 bits per heavy atom. The molecule has 7 rings (SSSR count). The summed E-state index contributed by atoms with van der Waals surface area (Å²) in [5.74, 6) is 2.12. The predicted molar refractivity (Wildman–Crippen MR) is 210 cm³/mol. The van der Waals surface area contributed by atoms with Gasteiger partial charge in [-0.15, -0.1) is 0 Å². The van der Waals surface area contributed by atoms with E-state index in [0.717, 1.165) is 54.5 Å². The highest BCUT2D eigenvalue weighted by molar-refractivity contribution is 6.75. The second-order valence-electron chi connectivity index (χ2n) is 19.2. The summed E-state index contributed by atoms with van der Waals surface area (Å²) in [4.78, 5) is 17.3. The highest BCUT2D eigenvalue weighted by Gasteiger charge is 2.74. The number of aliphatic hydroxyl groups is 1. The Kier molecular flexibility index (Phi) is 9.22. The van der Waals surface area contributed by atoms with Crippen molar-refractivity contribution in [3.63, 3.8) is 0 Å². The van der Waals surface area contributed by atoms with E-state index >= 15 is 0 Å². The molecule has 1 amide bonds. The van der Waals surface area contributed by atoms with Crippen LogP contribution in [0.5, 0.6) is 11.5 Å². The lowest BCUT2D eigenvalue weighted by Gasteiger charge is -2.65. The average molecular weight is 774 g/mol. The lowest BCUT2D eigenvalue weighted by atomic mass is 9.48. The van der Waals surface area contributed by atoms with Crippen LogP contribution < -0.4 is 9.16 Å². The molecule has 1 saturated heterocycles. The Bertz CT molecular complexity index is 1720. The van der Waals surface area contributed by atoms with Crippen LogP contribution in [0.15, 0.2) is 30.3 Å². The van der Waals surface area contributed by atoms with Gasteiger partial charge in [0.05, 0.1) is 33.5 Å². The van der Waals surface area contributed by atoms with Gasteiger partial charge in [-0.05, 0) is 117 Å². The number of nitrogens with zero attached hydrogens (tertiary/aromatic N) is 2. The molecular formula is C40H58Cl2N2O5Si2. The Morgan fingerprint density at radius 1 is 0.980 bits per heavy atom. The van der Waals surface area contributed by atoms with Gasteiger partial charge in [-0.2, -0.15) is 0 Å². The van der Waals surface area contributed by atoms with Crippen molar-refractivity contribution in [1.29, 1.82) is 0 Å². The maximum Gasteiger partial charge on any atom is 0.250 e. The van der Waals surface area contributed by atoms with E-state index in [-0.39, 0.29) is 28.4 Å². The Balaban J connectivity index is 1.35. The molecule has 0 unspecified atom stereocenters. The number of piperidine rings is 1. The third kappa shape index (κ3) is 6.13. The summed E-state index contributed by atoms with van der Waals surface area (Å²) in [7, 11) is -4.76. The zero-order chi connectivity index (χ0) is 37.1. The number of carbonyl (C=O) groups excluding carboxylic acids is 1. The third-order valence-electron chi connectivity index (χ3n) is 13.9. The number of hydrogen-bond acceptors (Lipinski definition) is 6. The van der Waals surface area contributed by atoms with E-state index in [9.17, 15) is 9.90 Å². The quantitative estimate of drug-likeness (QED) is 0.203. The van der Waals surface area contributed by atoms with Gasteiger partial charge in [0.25, 0.3) is 8.32 Å². The molecule has 1 spiro atoms. The smallest absolute Gasteiger partial charge is 0.250 e. The van der Waals surface area contributed by atoms with Crippen LogP contribution in [-0.4, -0.2) is 74.5 Å². The minimum absolute atomic E-state index is 0.00736. The SMILES string of the molecule is CC(C)(C)[Si](C)(C)Oc1ccc2c3c1O[C@H]1[C@H](N(O[Si](C)(C)C(C)(C)C)C(=O)Cc4ccc(Cl)c(Cl)c4)CC[C@@]4(O)[C@@H](C2)N(CC2CC2)CC[C@]314. The lowest BCUT2D eigenvalue weighted by molar-refractivity contribution is -0.228. The number of amides is 1. The molecular weight excluding hydrogens is 716 g/mol. The maximum atomic E-state index is 14.7. The molecule has 3 fully saturated rings. The van der Waals surface area contributed by atoms with Gasteiger partial charge in [0.1, 0.15) is 11.9 Å². The van der Waals surface area contributed by atoms with Gasteiger partial charge >= 0.3 is 0 Å². The van der Waals surface area contributed by atoms with Crippen LogP contribution in [0, 0.1) is 5.92 Å². The topological polar surface area (TPSA) is 71.5 Å². The first kappa shape index (κ1) is 37.7. The van der Waals surface area contributed by atoms with E-state index in [4.69, 9.17) is 36.9 Å². The van der Waals surface area contributed by atoms with Crippen LogP contribution in [0.2, 0.25) is 46.3 Å². The van der Waals surface area contributed by atoms with Crippen molar-refractivity contribution in [2.24, 2.45) is 5.92 Å². The van der Waals surface area contributed by atoms with E-state index in [1.807, 2.05) is 6.07 Å². The summed E-state index contributed by atoms with van der Waals surface area (Å²) in [5, 5.41) is 15.8. The highest BCUT2D eigenvalue weighted by atomic mass is 35.5. The Hall–Kier alpha value is -1.60. The minimum atomic E-state index is -2.52. The number of likely N-dealkylation sites (tertiary alicyclic amines) is 1. The fourth-order valence-electron chi connectivity index (χ4n) is 8.78. The second-order valence-corrected chi connectivity index (χ2v) is 29.5. The molecule has 11 heteroatoms. The Labute approximate surface area is 317 Å². The van der Waals surface area contributed by atoms with E-state index in [1.54, 1.807) is 17.2 Å². The van der Waals surface area contributed by atoms with Gasteiger partial charge in [-0.3, -0.25) is 9.69 Å². The first-order valence-electron chi connectivity index (χ1n) is 19.0. The number of carbonyl (C=O) groups is 1. The van der Waals surface area contributed by atoms with Gasteiger partial charge in [0.2, 0.25) is 14.2 Å². The predicted octanol–water partition coefficient (Wildman–Crippen LogP) is 9.32. The number of benzene rings is 2. The van der Waals surface area contributed by atoms with Crippen LogP contribution in [-0.2, 0) is 27.6 Å². The zero-order valence-corrected chi connectivity index (χ0v) is 35.8. The van der Waals surface area contributed by atoms with Gasteiger partial charge in [0, 0.05) is 18.2 Å². The van der Waals surface area contributed by atoms with E-state index < -0.39 is 39.8 Å². The van der Waals surface area contributed by atoms with E-state index in [0.29, 0.717) is 22.9 Å². The van der Waals surface area contributed by atoms with Crippen molar-refractivity contribution in [3.05, 3.63) is 57.1 Å². The van der Waals surface area contributed by atoms with Gasteiger partial charge in [0.15, 0.2) is 5.75 Å². The number of hydroxylamine groups is 2. The standard InChI is InChI=1S/C40H58Cl2N2O5Si2/c1-37(2,3)50(7,8)48-31-16-14-27-23-32-40(46)18-17-30(36-39(40,34(27)35(31)47-36)19-20-43(32)24-25-11-12-25)44(49-51(9,10)38(4,5)6)33(45)22-26-13-15-28(41)29(42)21-26/h13-16,21,25,30,32,36,46H,11-12,17-20,22-24H2,1-10H3/t30-,32-,36+,39+,40-/m1/s1. The van der Waals surface area contributed by atoms with Crippen LogP contribution in [0.25, 0.3) is 0 Å². The van der Waals surface area contributed by atoms with Crippen molar-refractivity contribution in [1.82, 2.24) is 9.96 Å². The number of rotatable bonds is 9. The summed E-state index contributed by atoms with van der Waals surface area (Å²) < 4.78 is 21.4. The van der Waals surface area contributed by atoms with Crippen LogP contribution in [0.1, 0.15) is 90.3 Å². The molecule has 280 valence electrons. The fourth-order valence-corrected chi connectivity index (χ4v) is 11.1. The van der Waals surface area contributed by atoms with Crippen molar-refractivity contribution in [2.75, 3.05) is 13.1 Å². The maximum absolute atomic E-state index is 14.7. The van der Waals surface area contributed by atoms with Gasteiger partial charge in [-0.25, -0.2) is 5.06 Å². The summed E-state index contributed by atoms with van der Waals surface area (Å²) in [6.07, 6.45) is 4.84. The number of halogens is 2. The lowest BCUT2D eigenvalue weighted by Crippen LogP contribution is -2.78. The average Bonchev–Trinajstić information content (AvgIpc) is 3.76. The molecule has 0 aromatic heterocycles. The number of hydrogen-bond donors (Lipinski definition) is 1. The first-order valence-corrected chi connectivity index (χ1v) is 25.6. The molecule has 3 aliphatic carbocycles. The molecule has 2 bridgehead atoms. The van der Waals surface area contributed by atoms with Gasteiger partial charge < -0.3 is 18.8 Å². The van der Waals surface area contributed by atoms with Crippen LogP contribution >= 0.6 is 23.2 Å². The van der Waals surface area contributed by atoms with Crippen molar-refractivity contribution in [2.45, 2.75) is 152 Å². The number of ether oxygens (including phenoxy) is 1.